The number of amides is 1. The summed E-state index contributed by atoms with van der Waals surface area (Å²) in [6.07, 6.45) is 2.67. The summed E-state index contributed by atoms with van der Waals surface area (Å²) in [5.41, 5.74) is 1.27. The number of aromatic nitrogens is 1. The summed E-state index contributed by atoms with van der Waals surface area (Å²) in [6, 6.07) is 3.71. The Labute approximate surface area is 108 Å². The van der Waals surface area contributed by atoms with Gasteiger partial charge in [0.25, 0.3) is 0 Å². The predicted octanol–water partition coefficient (Wildman–Crippen LogP) is 3.46. The first-order valence-electron chi connectivity index (χ1n) is 6.01. The lowest BCUT2D eigenvalue weighted by Crippen LogP contribution is -2.24. The Hall–Kier alpha value is -1.71. The molecule has 0 bridgehead atoms. The van der Waals surface area contributed by atoms with Gasteiger partial charge in [0.15, 0.2) is 0 Å². The van der Waals surface area contributed by atoms with Crippen LogP contribution in [0.4, 0.5) is 4.79 Å². The Morgan fingerprint density at radius 3 is 2.50 bits per heavy atom. The highest BCUT2D eigenvalue weighted by Crippen LogP contribution is 2.22. The van der Waals surface area contributed by atoms with E-state index in [1.807, 2.05) is 32.9 Å². The van der Waals surface area contributed by atoms with Crippen LogP contribution in [-0.4, -0.2) is 22.9 Å². The molecule has 1 aromatic rings. The van der Waals surface area contributed by atoms with Crippen LogP contribution >= 0.6 is 0 Å². The van der Waals surface area contributed by atoms with Gasteiger partial charge in [-0.05, 0) is 19.9 Å². The Kier molecular flexibility index (Phi) is 4.59. The van der Waals surface area contributed by atoms with Gasteiger partial charge in [0, 0.05) is 23.4 Å². The summed E-state index contributed by atoms with van der Waals surface area (Å²) >= 11 is 0. The highest BCUT2D eigenvalue weighted by Gasteiger charge is 2.22. The highest BCUT2D eigenvalue weighted by atomic mass is 16.6. The largest absolute Gasteiger partial charge is 0.445 e. The number of aliphatic imine (C=N–C) groups is 1. The molecule has 0 saturated carbocycles. The zero-order chi connectivity index (χ0) is 13.8. The molecule has 0 spiro atoms. The fourth-order valence-corrected chi connectivity index (χ4v) is 1.49. The summed E-state index contributed by atoms with van der Waals surface area (Å²) in [6.45, 7) is 9.60. The van der Waals surface area contributed by atoms with E-state index >= 15 is 0 Å². The van der Waals surface area contributed by atoms with Gasteiger partial charge in [-0.2, -0.15) is 4.99 Å². The molecule has 18 heavy (non-hydrogen) atoms. The van der Waals surface area contributed by atoms with Gasteiger partial charge >= 0.3 is 6.09 Å². The standard InChI is InChI=1S/C14H20N2O2/c1-10(2)18-13(17)16-12(14(3,4)5)11-7-6-8-15-9-11/h6-10H,1-5H3/b16-12+. The van der Waals surface area contributed by atoms with E-state index in [1.54, 1.807) is 26.2 Å². The first kappa shape index (κ1) is 14.4. The van der Waals surface area contributed by atoms with Crippen molar-refractivity contribution in [2.24, 2.45) is 10.4 Å². The Bertz CT molecular complexity index is 431. The zero-order valence-corrected chi connectivity index (χ0v) is 11.6. The lowest BCUT2D eigenvalue weighted by Gasteiger charge is -2.21. The molecular formula is C14H20N2O2. The van der Waals surface area contributed by atoms with E-state index in [4.69, 9.17) is 4.74 Å². The lowest BCUT2D eigenvalue weighted by atomic mass is 9.86. The summed E-state index contributed by atoms with van der Waals surface area (Å²) in [5.74, 6) is 0. The van der Waals surface area contributed by atoms with E-state index in [0.717, 1.165) is 5.56 Å². The molecule has 4 heteroatoms. The summed E-state index contributed by atoms with van der Waals surface area (Å²) in [4.78, 5) is 19.8. The maximum Gasteiger partial charge on any atom is 0.434 e. The number of hydrogen-bond acceptors (Lipinski definition) is 3. The molecule has 4 nitrogen and oxygen atoms in total. The van der Waals surface area contributed by atoms with Gasteiger partial charge in [-0.3, -0.25) is 4.98 Å². The molecule has 1 amide bonds. The SMILES string of the molecule is CC(C)OC(=O)/N=C(\c1cccnc1)C(C)(C)C. The van der Waals surface area contributed by atoms with Crippen molar-refractivity contribution >= 4 is 11.8 Å². The number of nitrogens with zero attached hydrogens (tertiary/aromatic N) is 2. The Balaban J connectivity index is 3.08. The van der Waals surface area contributed by atoms with Crippen molar-refractivity contribution in [3.8, 4) is 0 Å². The minimum Gasteiger partial charge on any atom is -0.445 e. The van der Waals surface area contributed by atoms with E-state index in [9.17, 15) is 4.79 Å². The third kappa shape index (κ3) is 4.28. The number of pyridine rings is 1. The molecule has 1 heterocycles. The van der Waals surface area contributed by atoms with Crippen molar-refractivity contribution in [2.45, 2.75) is 40.7 Å². The van der Waals surface area contributed by atoms with Gasteiger partial charge in [0.2, 0.25) is 0 Å². The van der Waals surface area contributed by atoms with Crippen molar-refractivity contribution < 1.29 is 9.53 Å². The van der Waals surface area contributed by atoms with Crippen molar-refractivity contribution in [3.63, 3.8) is 0 Å². The van der Waals surface area contributed by atoms with Crippen molar-refractivity contribution in [1.82, 2.24) is 4.98 Å². The molecule has 98 valence electrons. The normalized spacial score (nSPS) is 12.7. The third-order valence-corrected chi connectivity index (χ3v) is 2.18. The molecule has 0 saturated heterocycles. The van der Waals surface area contributed by atoms with Crippen LogP contribution in [0.3, 0.4) is 0 Å². The summed E-state index contributed by atoms with van der Waals surface area (Å²) in [5, 5.41) is 0. The Morgan fingerprint density at radius 2 is 2.06 bits per heavy atom. The first-order chi connectivity index (χ1) is 8.30. The van der Waals surface area contributed by atoms with E-state index in [1.165, 1.54) is 0 Å². The van der Waals surface area contributed by atoms with E-state index in [-0.39, 0.29) is 11.5 Å². The van der Waals surface area contributed by atoms with Crippen molar-refractivity contribution in [1.29, 1.82) is 0 Å². The quantitative estimate of drug-likeness (QED) is 0.753. The lowest BCUT2D eigenvalue weighted by molar-refractivity contribution is 0.125. The van der Waals surface area contributed by atoms with Crippen LogP contribution in [0.25, 0.3) is 0 Å². The maximum absolute atomic E-state index is 11.7. The monoisotopic (exact) mass is 248 g/mol. The molecule has 0 aliphatic heterocycles. The van der Waals surface area contributed by atoms with Crippen LogP contribution < -0.4 is 0 Å². The van der Waals surface area contributed by atoms with E-state index in [2.05, 4.69) is 9.98 Å². The molecular weight excluding hydrogens is 228 g/mol. The predicted molar refractivity (Wildman–Crippen MR) is 71.8 cm³/mol. The molecule has 0 aliphatic carbocycles. The maximum atomic E-state index is 11.7. The molecule has 1 aromatic heterocycles. The number of carbonyl (C=O) groups excluding carboxylic acids is 1. The number of ether oxygens (including phenoxy) is 1. The average Bonchev–Trinajstić information content (AvgIpc) is 2.24. The van der Waals surface area contributed by atoms with Crippen LogP contribution in [0.2, 0.25) is 0 Å². The minimum atomic E-state index is -0.557. The molecule has 0 fully saturated rings. The first-order valence-corrected chi connectivity index (χ1v) is 6.01. The fraction of sp³-hybridized carbons (Fsp3) is 0.500. The fourth-order valence-electron chi connectivity index (χ4n) is 1.49. The van der Waals surface area contributed by atoms with Crippen molar-refractivity contribution in [2.75, 3.05) is 0 Å². The topological polar surface area (TPSA) is 51.5 Å². The van der Waals surface area contributed by atoms with Crippen LogP contribution in [0.1, 0.15) is 40.2 Å². The molecule has 0 atom stereocenters. The van der Waals surface area contributed by atoms with Crippen molar-refractivity contribution in [3.05, 3.63) is 30.1 Å². The van der Waals surface area contributed by atoms with Crippen LogP contribution in [0, 0.1) is 5.41 Å². The van der Waals surface area contributed by atoms with Crippen LogP contribution in [0.15, 0.2) is 29.5 Å². The van der Waals surface area contributed by atoms with Gasteiger partial charge in [-0.1, -0.05) is 26.8 Å². The number of hydrogen-bond donors (Lipinski definition) is 0. The second kappa shape index (κ2) is 5.76. The highest BCUT2D eigenvalue weighted by molar-refractivity contribution is 6.08. The average molecular weight is 248 g/mol. The Morgan fingerprint density at radius 1 is 1.39 bits per heavy atom. The van der Waals surface area contributed by atoms with Crippen LogP contribution in [0.5, 0.6) is 0 Å². The molecule has 0 aliphatic rings. The van der Waals surface area contributed by atoms with Gasteiger partial charge in [-0.25, -0.2) is 4.79 Å². The van der Waals surface area contributed by atoms with Gasteiger partial charge in [0.1, 0.15) is 0 Å². The molecule has 1 rings (SSSR count). The molecule has 0 radical (unpaired) electrons. The second-order valence-corrected chi connectivity index (χ2v) is 5.38. The molecule has 0 aromatic carbocycles. The zero-order valence-electron chi connectivity index (χ0n) is 11.6. The third-order valence-electron chi connectivity index (χ3n) is 2.18. The van der Waals surface area contributed by atoms with Gasteiger partial charge < -0.3 is 4.74 Å². The number of carbonyl (C=O) groups is 1. The molecule has 0 unspecified atom stereocenters. The summed E-state index contributed by atoms with van der Waals surface area (Å²) in [7, 11) is 0. The molecule has 0 N–H and O–H groups in total. The van der Waals surface area contributed by atoms with E-state index in [0.29, 0.717) is 5.71 Å². The van der Waals surface area contributed by atoms with Gasteiger partial charge in [0.05, 0.1) is 11.8 Å². The summed E-state index contributed by atoms with van der Waals surface area (Å²) < 4.78 is 5.05. The van der Waals surface area contributed by atoms with E-state index < -0.39 is 6.09 Å². The van der Waals surface area contributed by atoms with Crippen LogP contribution in [-0.2, 0) is 4.74 Å². The second-order valence-electron chi connectivity index (χ2n) is 5.38. The number of rotatable bonds is 2. The van der Waals surface area contributed by atoms with Gasteiger partial charge in [-0.15, -0.1) is 0 Å². The smallest absolute Gasteiger partial charge is 0.434 e. The minimum absolute atomic E-state index is 0.170.